The van der Waals surface area contributed by atoms with Gasteiger partial charge in [-0.2, -0.15) is 0 Å². The highest BCUT2D eigenvalue weighted by Crippen LogP contribution is 2.25. The van der Waals surface area contributed by atoms with Gasteiger partial charge in [-0.15, -0.1) is 0 Å². The molecule has 2 unspecified atom stereocenters. The molecule has 4 heteroatoms. The number of amides is 1. The van der Waals surface area contributed by atoms with E-state index in [0.29, 0.717) is 6.54 Å². The van der Waals surface area contributed by atoms with Crippen molar-refractivity contribution in [1.82, 2.24) is 9.88 Å². The van der Waals surface area contributed by atoms with Gasteiger partial charge in [0, 0.05) is 31.9 Å². The number of hydrogen-bond donors (Lipinski definition) is 0. The van der Waals surface area contributed by atoms with Gasteiger partial charge in [0.2, 0.25) is 5.91 Å². The third-order valence-electron chi connectivity index (χ3n) is 4.19. The van der Waals surface area contributed by atoms with Crippen LogP contribution in [0.1, 0.15) is 38.3 Å². The lowest BCUT2D eigenvalue weighted by Gasteiger charge is -2.27. The maximum absolute atomic E-state index is 12.1. The quantitative estimate of drug-likeness (QED) is 0.809. The summed E-state index contributed by atoms with van der Waals surface area (Å²) in [7, 11) is 1.83. The zero-order valence-corrected chi connectivity index (χ0v) is 13.1. The summed E-state index contributed by atoms with van der Waals surface area (Å²) < 4.78 is 5.78. The van der Waals surface area contributed by atoms with Gasteiger partial charge in [-0.05, 0) is 30.9 Å². The standard InChI is InChI=1S/C17H26N2O2/c1-14-6-5-8-16(12-14)21-13-17(20)19(2)11-9-15-7-3-4-10-18-15/h3-4,7,10,14,16H,5-6,8-9,11-13H2,1-2H3. The summed E-state index contributed by atoms with van der Waals surface area (Å²) in [5.74, 6) is 0.782. The second-order valence-corrected chi connectivity index (χ2v) is 6.09. The fraction of sp³-hybridized carbons (Fsp3) is 0.647. The van der Waals surface area contributed by atoms with E-state index >= 15 is 0 Å². The van der Waals surface area contributed by atoms with Gasteiger partial charge < -0.3 is 9.64 Å². The third kappa shape index (κ3) is 5.46. The van der Waals surface area contributed by atoms with Gasteiger partial charge in [0.05, 0.1) is 6.10 Å². The van der Waals surface area contributed by atoms with Gasteiger partial charge >= 0.3 is 0 Å². The number of rotatable bonds is 6. The molecule has 2 rings (SSSR count). The van der Waals surface area contributed by atoms with Crippen LogP contribution in [0.2, 0.25) is 0 Å². The Morgan fingerprint density at radius 2 is 2.29 bits per heavy atom. The van der Waals surface area contributed by atoms with E-state index < -0.39 is 0 Å². The average Bonchev–Trinajstić information content (AvgIpc) is 2.51. The van der Waals surface area contributed by atoms with Crippen LogP contribution in [0, 0.1) is 5.92 Å². The van der Waals surface area contributed by atoms with Crippen LogP contribution in [0.5, 0.6) is 0 Å². The van der Waals surface area contributed by atoms with Gasteiger partial charge in [0.1, 0.15) is 6.61 Å². The Balaban J connectivity index is 1.67. The van der Waals surface area contributed by atoms with Crippen LogP contribution < -0.4 is 0 Å². The molecule has 0 aromatic carbocycles. The van der Waals surface area contributed by atoms with Crippen LogP contribution in [-0.4, -0.2) is 42.1 Å². The van der Waals surface area contributed by atoms with Crippen LogP contribution in [0.4, 0.5) is 0 Å². The average molecular weight is 290 g/mol. The van der Waals surface area contributed by atoms with Crippen LogP contribution >= 0.6 is 0 Å². The van der Waals surface area contributed by atoms with Gasteiger partial charge in [-0.1, -0.05) is 25.8 Å². The predicted octanol–water partition coefficient (Wildman–Crippen LogP) is 2.68. The molecule has 0 saturated heterocycles. The molecule has 116 valence electrons. The minimum Gasteiger partial charge on any atom is -0.368 e. The van der Waals surface area contributed by atoms with Gasteiger partial charge in [-0.3, -0.25) is 9.78 Å². The first-order valence-electron chi connectivity index (χ1n) is 7.90. The molecule has 1 aliphatic rings. The number of pyridine rings is 1. The van der Waals surface area contributed by atoms with Crippen molar-refractivity contribution >= 4 is 5.91 Å². The number of aromatic nitrogens is 1. The SMILES string of the molecule is CC1CCCC(OCC(=O)N(C)CCc2ccccn2)C1. The van der Waals surface area contributed by atoms with Crippen molar-refractivity contribution in [1.29, 1.82) is 0 Å². The van der Waals surface area contributed by atoms with Gasteiger partial charge in [0.15, 0.2) is 0 Å². The number of nitrogens with zero attached hydrogens (tertiary/aromatic N) is 2. The largest absolute Gasteiger partial charge is 0.368 e. The van der Waals surface area contributed by atoms with Crippen molar-refractivity contribution in [2.24, 2.45) is 5.92 Å². The Morgan fingerprint density at radius 1 is 1.43 bits per heavy atom. The highest BCUT2D eigenvalue weighted by atomic mass is 16.5. The molecule has 4 nitrogen and oxygen atoms in total. The lowest BCUT2D eigenvalue weighted by molar-refractivity contribution is -0.137. The summed E-state index contributed by atoms with van der Waals surface area (Å²) in [6.07, 6.45) is 7.52. The van der Waals surface area contributed by atoms with E-state index in [1.807, 2.05) is 25.2 Å². The molecule has 1 fully saturated rings. The van der Waals surface area contributed by atoms with Crippen molar-refractivity contribution in [3.63, 3.8) is 0 Å². The third-order valence-corrected chi connectivity index (χ3v) is 4.19. The summed E-state index contributed by atoms with van der Waals surface area (Å²) in [6.45, 7) is 3.15. The Morgan fingerprint density at radius 3 is 3.00 bits per heavy atom. The first-order valence-corrected chi connectivity index (χ1v) is 7.90. The molecule has 0 N–H and O–H groups in total. The summed E-state index contributed by atoms with van der Waals surface area (Å²) in [5.41, 5.74) is 1.01. The topological polar surface area (TPSA) is 42.4 Å². The maximum Gasteiger partial charge on any atom is 0.248 e. The molecule has 21 heavy (non-hydrogen) atoms. The molecule has 0 bridgehead atoms. The number of carbonyl (C=O) groups excluding carboxylic acids is 1. The van der Waals surface area contributed by atoms with E-state index in [0.717, 1.165) is 30.9 Å². The highest BCUT2D eigenvalue weighted by Gasteiger charge is 2.20. The summed E-state index contributed by atoms with van der Waals surface area (Å²) in [6, 6.07) is 5.85. The van der Waals surface area contributed by atoms with E-state index in [1.54, 1.807) is 11.1 Å². The minimum atomic E-state index is 0.0594. The lowest BCUT2D eigenvalue weighted by Crippen LogP contribution is -2.34. The number of carbonyl (C=O) groups is 1. The molecule has 1 saturated carbocycles. The summed E-state index contributed by atoms with van der Waals surface area (Å²) in [4.78, 5) is 18.1. The number of hydrogen-bond acceptors (Lipinski definition) is 3. The van der Waals surface area contributed by atoms with E-state index in [2.05, 4.69) is 11.9 Å². The van der Waals surface area contributed by atoms with Crippen molar-refractivity contribution in [3.8, 4) is 0 Å². The maximum atomic E-state index is 12.1. The Bertz CT molecular complexity index is 436. The van der Waals surface area contributed by atoms with Crippen LogP contribution in [0.25, 0.3) is 0 Å². The zero-order chi connectivity index (χ0) is 15.1. The molecule has 1 aromatic heterocycles. The van der Waals surface area contributed by atoms with E-state index in [4.69, 9.17) is 4.74 Å². The molecular weight excluding hydrogens is 264 g/mol. The highest BCUT2D eigenvalue weighted by molar-refractivity contribution is 5.77. The van der Waals surface area contributed by atoms with Gasteiger partial charge in [0.25, 0.3) is 0 Å². The molecule has 1 heterocycles. The first kappa shape index (κ1) is 16.0. The molecule has 0 spiro atoms. The smallest absolute Gasteiger partial charge is 0.248 e. The number of ether oxygens (including phenoxy) is 1. The summed E-state index contributed by atoms with van der Waals surface area (Å²) in [5, 5.41) is 0. The van der Waals surface area contributed by atoms with Crippen LogP contribution in [0.3, 0.4) is 0 Å². The molecule has 2 atom stereocenters. The van der Waals surface area contributed by atoms with Crippen LogP contribution in [-0.2, 0) is 16.0 Å². The van der Waals surface area contributed by atoms with E-state index in [1.165, 1.54) is 12.8 Å². The second kappa shape index (κ2) is 8.13. The molecule has 1 aliphatic carbocycles. The van der Waals surface area contributed by atoms with Gasteiger partial charge in [-0.25, -0.2) is 0 Å². The fourth-order valence-electron chi connectivity index (χ4n) is 2.78. The molecular formula is C17H26N2O2. The normalized spacial score (nSPS) is 22.0. The van der Waals surface area contributed by atoms with Crippen molar-refractivity contribution in [2.45, 2.75) is 45.1 Å². The molecule has 1 aromatic rings. The monoisotopic (exact) mass is 290 g/mol. The Labute approximate surface area is 127 Å². The minimum absolute atomic E-state index is 0.0594. The molecule has 1 amide bonds. The Kier molecular flexibility index (Phi) is 6.18. The fourth-order valence-corrected chi connectivity index (χ4v) is 2.78. The Hall–Kier alpha value is -1.42. The van der Waals surface area contributed by atoms with Crippen molar-refractivity contribution in [2.75, 3.05) is 20.2 Å². The van der Waals surface area contributed by atoms with E-state index in [-0.39, 0.29) is 18.6 Å². The first-order chi connectivity index (χ1) is 10.1. The van der Waals surface area contributed by atoms with Crippen molar-refractivity contribution < 1.29 is 9.53 Å². The van der Waals surface area contributed by atoms with Crippen molar-refractivity contribution in [3.05, 3.63) is 30.1 Å². The van der Waals surface area contributed by atoms with Crippen LogP contribution in [0.15, 0.2) is 24.4 Å². The molecule has 0 aliphatic heterocycles. The van der Waals surface area contributed by atoms with E-state index in [9.17, 15) is 4.79 Å². The number of likely N-dealkylation sites (N-methyl/N-ethyl adjacent to an activating group) is 1. The summed E-state index contributed by atoms with van der Waals surface area (Å²) >= 11 is 0. The predicted molar refractivity (Wildman–Crippen MR) is 83.0 cm³/mol. The lowest BCUT2D eigenvalue weighted by atomic mass is 9.89. The molecule has 0 radical (unpaired) electrons. The second-order valence-electron chi connectivity index (χ2n) is 6.09. The zero-order valence-electron chi connectivity index (χ0n) is 13.1.